The van der Waals surface area contributed by atoms with E-state index >= 15 is 0 Å². The summed E-state index contributed by atoms with van der Waals surface area (Å²) in [5, 5.41) is 0. The van der Waals surface area contributed by atoms with Gasteiger partial charge in [-0.25, -0.2) is 9.78 Å². The van der Waals surface area contributed by atoms with Crippen LogP contribution in [0, 0.1) is 6.92 Å². The van der Waals surface area contributed by atoms with Crippen molar-refractivity contribution in [1.29, 1.82) is 0 Å². The van der Waals surface area contributed by atoms with E-state index in [0.29, 0.717) is 36.2 Å². The van der Waals surface area contributed by atoms with Gasteiger partial charge in [0.25, 0.3) is 6.01 Å². The Hall–Kier alpha value is -4.32. The molecule has 8 nitrogen and oxygen atoms in total. The zero-order valence-corrected chi connectivity index (χ0v) is 22.8. The molecule has 0 N–H and O–H groups in total. The summed E-state index contributed by atoms with van der Waals surface area (Å²) in [6.45, 7) is 5.22. The first kappa shape index (κ1) is 32.2. The van der Waals surface area contributed by atoms with Gasteiger partial charge in [0.05, 0.1) is 35.7 Å². The molecule has 226 valence electrons. The summed E-state index contributed by atoms with van der Waals surface area (Å²) in [6.07, 6.45) is -6.81. The number of carbonyl (C=O) groups is 1. The van der Waals surface area contributed by atoms with E-state index in [0.717, 1.165) is 5.56 Å². The number of anilines is 2. The maximum absolute atomic E-state index is 13.6. The van der Waals surface area contributed by atoms with Crippen molar-refractivity contribution in [3.05, 3.63) is 76.7 Å². The monoisotopic (exact) mass is 599 g/mol. The number of aromatic nitrogens is 1. The summed E-state index contributed by atoms with van der Waals surface area (Å²) in [6, 6.07) is 5.99. The highest BCUT2D eigenvalue weighted by Crippen LogP contribution is 2.44. The van der Waals surface area contributed by atoms with E-state index < -0.39 is 35.6 Å². The molecule has 2 heterocycles. The normalized spacial score (nSPS) is 16.5. The average Bonchev–Trinajstić information content (AvgIpc) is 3.45. The number of amides is 1. The molecule has 14 heteroatoms. The summed E-state index contributed by atoms with van der Waals surface area (Å²) in [4.78, 5) is 36.4. The molecular weight excluding hydrogens is 572 g/mol. The number of carbonyl (C=O) groups excluding carboxylic acids is 3. The van der Waals surface area contributed by atoms with E-state index in [-0.39, 0.29) is 43.0 Å². The summed E-state index contributed by atoms with van der Waals surface area (Å²) >= 11 is 0. The van der Waals surface area contributed by atoms with E-state index in [1.807, 2.05) is 26.0 Å². The summed E-state index contributed by atoms with van der Waals surface area (Å²) < 4.78 is 92.2. The quantitative estimate of drug-likeness (QED) is 0.274. The van der Waals surface area contributed by atoms with E-state index in [1.54, 1.807) is 22.8 Å². The standard InChI is InChI=1S/C27H27F6N3O3.CO2/c1-4-20-14-23(21-10-16(3)6-7-22(21)36(20)25(37)38-5-2)35(24-34-8-9-39-24)15-17-11-18(26(28,29)30)13-19(12-17)27(31,32)33;2-1-3/h6-13,20,23H,4-5,14-15H2,1-3H3;/t20-,23+;/m1./s1. The van der Waals surface area contributed by atoms with Crippen molar-refractivity contribution >= 4 is 23.9 Å². The number of rotatable bonds is 6. The highest BCUT2D eigenvalue weighted by atomic mass is 19.4. The Morgan fingerprint density at radius 2 is 1.69 bits per heavy atom. The SMILES string of the molecule is CCOC(=O)N1c2ccc(C)cc2[C@@H](N(Cc2cc(C(F)(F)F)cc(C(F)(F)F)c2)c2ncco2)C[C@H]1CC.O=C=O. The van der Waals surface area contributed by atoms with Crippen LogP contribution in [0.4, 0.5) is 42.8 Å². The molecule has 0 fully saturated rings. The third-order valence-corrected chi connectivity index (χ3v) is 6.64. The summed E-state index contributed by atoms with van der Waals surface area (Å²) in [7, 11) is 0. The number of alkyl halides is 6. The van der Waals surface area contributed by atoms with Gasteiger partial charge in [-0.05, 0) is 62.1 Å². The van der Waals surface area contributed by atoms with Gasteiger partial charge in [0.2, 0.25) is 0 Å². The summed E-state index contributed by atoms with van der Waals surface area (Å²) in [5.41, 5.74) is -0.986. The zero-order chi connectivity index (χ0) is 31.2. The molecule has 42 heavy (non-hydrogen) atoms. The van der Waals surface area contributed by atoms with Crippen molar-refractivity contribution in [3.8, 4) is 0 Å². The van der Waals surface area contributed by atoms with Gasteiger partial charge in [-0.15, -0.1) is 0 Å². The van der Waals surface area contributed by atoms with E-state index in [1.165, 1.54) is 12.5 Å². The Balaban J connectivity index is 0.00000155. The summed E-state index contributed by atoms with van der Waals surface area (Å²) in [5.74, 6) is 0. The second kappa shape index (κ2) is 13.1. The van der Waals surface area contributed by atoms with Crippen LogP contribution < -0.4 is 9.80 Å². The number of hydrogen-bond donors (Lipinski definition) is 0. The second-order valence-corrected chi connectivity index (χ2v) is 9.38. The maximum Gasteiger partial charge on any atom is 0.416 e. The average molecular weight is 600 g/mol. The van der Waals surface area contributed by atoms with Crippen LogP contribution >= 0.6 is 0 Å². The molecule has 1 aliphatic rings. The highest BCUT2D eigenvalue weighted by molar-refractivity contribution is 5.90. The Kier molecular flexibility index (Phi) is 10.1. The molecule has 0 spiro atoms. The minimum Gasteiger partial charge on any atom is -0.449 e. The van der Waals surface area contributed by atoms with Crippen LogP contribution in [-0.4, -0.2) is 29.9 Å². The first-order valence-electron chi connectivity index (χ1n) is 12.7. The van der Waals surface area contributed by atoms with Gasteiger partial charge < -0.3 is 14.1 Å². The number of halogens is 6. The third-order valence-electron chi connectivity index (χ3n) is 6.64. The maximum atomic E-state index is 13.6. The predicted octanol–water partition coefficient (Wildman–Crippen LogP) is 7.33. The van der Waals surface area contributed by atoms with Gasteiger partial charge in [-0.3, -0.25) is 4.90 Å². The lowest BCUT2D eigenvalue weighted by atomic mass is 9.87. The van der Waals surface area contributed by atoms with Crippen molar-refractivity contribution in [2.45, 2.75) is 64.6 Å². The van der Waals surface area contributed by atoms with Crippen molar-refractivity contribution in [1.82, 2.24) is 4.98 Å². The molecular formula is C28H27F6N3O5. The minimum atomic E-state index is -4.98. The first-order chi connectivity index (χ1) is 19.7. The topological polar surface area (TPSA) is 92.9 Å². The number of oxazole rings is 1. The molecule has 0 saturated heterocycles. The van der Waals surface area contributed by atoms with Crippen molar-refractivity contribution in [2.75, 3.05) is 16.4 Å². The highest BCUT2D eigenvalue weighted by Gasteiger charge is 2.41. The third kappa shape index (κ3) is 7.30. The number of fused-ring (bicyclic) bond motifs is 1. The molecule has 0 bridgehead atoms. The molecule has 2 aromatic carbocycles. The minimum absolute atomic E-state index is 0.0258. The van der Waals surface area contributed by atoms with Gasteiger partial charge in [0.1, 0.15) is 6.26 Å². The molecule has 0 saturated carbocycles. The molecule has 0 unspecified atom stereocenters. The van der Waals surface area contributed by atoms with Crippen LogP contribution in [-0.2, 0) is 33.2 Å². The van der Waals surface area contributed by atoms with Gasteiger partial charge in [0.15, 0.2) is 0 Å². The van der Waals surface area contributed by atoms with Crippen LogP contribution in [0.25, 0.3) is 0 Å². The molecule has 2 atom stereocenters. The van der Waals surface area contributed by atoms with Crippen molar-refractivity contribution in [3.63, 3.8) is 0 Å². The molecule has 0 radical (unpaired) electrons. The Bertz CT molecular complexity index is 1370. The van der Waals surface area contributed by atoms with E-state index in [2.05, 4.69) is 4.98 Å². The predicted molar refractivity (Wildman–Crippen MR) is 136 cm³/mol. The lowest BCUT2D eigenvalue weighted by Crippen LogP contribution is -2.48. The molecule has 0 aliphatic carbocycles. The Morgan fingerprint density at radius 1 is 1.07 bits per heavy atom. The van der Waals surface area contributed by atoms with Crippen molar-refractivity contribution < 1.29 is 49.9 Å². The first-order valence-corrected chi connectivity index (χ1v) is 12.7. The number of ether oxygens (including phenoxy) is 1. The molecule has 4 rings (SSSR count). The fraction of sp³-hybridized carbons (Fsp3) is 0.393. The Labute approximate surface area is 236 Å². The van der Waals surface area contributed by atoms with Crippen LogP contribution in [0.2, 0.25) is 0 Å². The number of nitrogens with zero attached hydrogens (tertiary/aromatic N) is 3. The van der Waals surface area contributed by atoms with Crippen LogP contribution in [0.1, 0.15) is 60.5 Å². The largest absolute Gasteiger partial charge is 0.449 e. The zero-order valence-electron chi connectivity index (χ0n) is 22.8. The smallest absolute Gasteiger partial charge is 0.416 e. The van der Waals surface area contributed by atoms with Crippen molar-refractivity contribution in [2.24, 2.45) is 0 Å². The second-order valence-electron chi connectivity index (χ2n) is 9.38. The number of benzene rings is 2. The molecule has 1 amide bonds. The molecule has 1 aliphatic heterocycles. The van der Waals surface area contributed by atoms with E-state index in [4.69, 9.17) is 18.7 Å². The molecule has 3 aromatic rings. The Morgan fingerprint density at radius 3 is 2.19 bits per heavy atom. The van der Waals surface area contributed by atoms with Gasteiger partial charge in [0, 0.05) is 12.6 Å². The number of aryl methyl sites for hydroxylation is 1. The fourth-order valence-corrected chi connectivity index (χ4v) is 4.91. The van der Waals surface area contributed by atoms with Gasteiger partial charge in [-0.1, -0.05) is 24.6 Å². The van der Waals surface area contributed by atoms with Crippen LogP contribution in [0.5, 0.6) is 0 Å². The van der Waals surface area contributed by atoms with Gasteiger partial charge in [-0.2, -0.15) is 35.9 Å². The van der Waals surface area contributed by atoms with Crippen LogP contribution in [0.15, 0.2) is 53.3 Å². The lowest BCUT2D eigenvalue weighted by Gasteiger charge is -2.43. The fourth-order valence-electron chi connectivity index (χ4n) is 4.91. The molecule has 1 aromatic heterocycles. The van der Waals surface area contributed by atoms with Gasteiger partial charge >= 0.3 is 24.6 Å². The van der Waals surface area contributed by atoms with E-state index in [9.17, 15) is 31.1 Å². The number of hydrogen-bond acceptors (Lipinski definition) is 7. The van der Waals surface area contributed by atoms with Crippen LogP contribution in [0.3, 0.4) is 0 Å². The lowest BCUT2D eigenvalue weighted by molar-refractivity contribution is -0.191.